The topological polar surface area (TPSA) is 278 Å². The number of para-hydroxylation sites is 1. The summed E-state index contributed by atoms with van der Waals surface area (Å²) in [5, 5.41) is 14.7. The Morgan fingerprint density at radius 1 is 0.508 bits per heavy atom. The number of alkyl halides is 1. The van der Waals surface area contributed by atoms with Crippen molar-refractivity contribution in [1.29, 1.82) is 0 Å². The van der Waals surface area contributed by atoms with Crippen LogP contribution >= 0.6 is 69.6 Å². The first-order valence-electron chi connectivity index (χ1n) is 42.7. The molecule has 18 rings (SSSR count). The molecule has 3 N–H and O–H groups in total. The number of carbonyl (C=O) groups excluding carboxylic acids is 4. The van der Waals surface area contributed by atoms with Crippen molar-refractivity contribution in [2.45, 2.75) is 193 Å². The van der Waals surface area contributed by atoms with Gasteiger partial charge >= 0.3 is 0 Å². The van der Waals surface area contributed by atoms with E-state index < -0.39 is 14.2 Å². The third-order valence-corrected chi connectivity index (χ3v) is 29.5. The molecule has 0 bridgehead atoms. The zero-order valence-electron chi connectivity index (χ0n) is 72.2. The number of amides is 4. The average Bonchev–Trinajstić information content (AvgIpc) is 1.60. The summed E-state index contributed by atoms with van der Waals surface area (Å²) in [4.78, 5) is 90.2. The van der Waals surface area contributed by atoms with E-state index in [1.165, 1.54) is 136 Å². The molecule has 0 unspecified atom stereocenters. The molecule has 124 heavy (non-hydrogen) atoms. The number of hydrogen-bond donors (Lipinski definition) is 2. The number of nitrogens with two attached hydrogens (primary N) is 1. The Morgan fingerprint density at radius 2 is 0.903 bits per heavy atom. The summed E-state index contributed by atoms with van der Waals surface area (Å²) >= 11 is 35.8. The van der Waals surface area contributed by atoms with Gasteiger partial charge in [-0.05, 0) is 207 Å². The highest BCUT2D eigenvalue weighted by atomic mass is 35.5. The van der Waals surface area contributed by atoms with E-state index in [2.05, 4.69) is 229 Å². The summed E-state index contributed by atoms with van der Waals surface area (Å²) in [5.74, 6) is 1.97. The number of hydrogen-bond acceptors (Lipinski definition) is 17. The fourth-order valence-corrected chi connectivity index (χ4v) is 17.9. The second-order valence-electron chi connectivity index (χ2n) is 33.4. The minimum absolute atomic E-state index is 0.00414. The largest absolute Gasteiger partial charge is 0.475 e. The number of nitrogen functional groups attached to an aromatic ring is 1. The molecule has 32 heteroatoms. The van der Waals surface area contributed by atoms with Crippen LogP contribution < -0.4 is 29.9 Å². The Labute approximate surface area is 755 Å². The van der Waals surface area contributed by atoms with Crippen LogP contribution in [0.1, 0.15) is 213 Å². The van der Waals surface area contributed by atoms with E-state index in [0.717, 1.165) is 86.3 Å². The molecule has 6 aliphatic rings. The molecule has 4 aliphatic carbocycles. The zero-order valence-corrected chi connectivity index (χ0v) is 77.7. The Morgan fingerprint density at radius 3 is 1.35 bits per heavy atom. The number of halogens is 6. The molecule has 0 saturated heterocycles. The number of anilines is 4. The minimum atomic E-state index is -2.00. The molecule has 8 aromatic heterocycles. The summed E-state index contributed by atoms with van der Waals surface area (Å²) in [5.41, 5.74) is 19.4. The standard InChI is InChI=1S/C27H36Cl2N4O2Si.C21H22Cl2N4O2.C21H21ClN4O2.C14H17N.C8H10N4O2.CH3Cl/c1-7-11-32-12-10-19-15-20(16-21(23(19)32)18-8-9-18)33(13-14-35-36(5,6)27(2,3)4)26(34)22-24(28)30-17-31-25(22)29;1-2-6-26-7-5-14-10-15(11-16(18(14)26)13-3-4-13)27(8-9-28)21(29)17-19(22)24-12-25-20(17)23;1-2-6-25-7-5-14-10-15(11-16(18(14)25)13-3-4-13)26-8-9-28-20-17(21(26)27)19(22)23-12-24-20;1-2-9-15-10-8-12-4-3-5-13(14(12)15)11-6-7-11;1-12-2-3-14-7-5(8(12)13)6(9)10-4-11-7;1-2/h10,12,15-18H,7-9,11,13-14H2,1-6H3;5,7,10-13,28H,2-4,6,8-9H2,1H3;5,7,10-13H,2-4,6,8-9H2,1H3;3-5,8,10-11H,2,6-7,9H2,1H3;4H,2-3H2,1H3,(H2,9,10,11);1H3. The Kier molecular flexibility index (Phi) is 30.4. The van der Waals surface area contributed by atoms with Crippen molar-refractivity contribution in [2.75, 3.05) is 86.5 Å². The van der Waals surface area contributed by atoms with Gasteiger partial charge in [-0.2, -0.15) is 0 Å². The van der Waals surface area contributed by atoms with Crippen LogP contribution in [0.15, 0.2) is 129 Å². The van der Waals surface area contributed by atoms with Crippen LogP contribution in [0.3, 0.4) is 0 Å². The molecule has 12 aromatic rings. The number of aromatic nitrogens is 12. The quantitative estimate of drug-likeness (QED) is 0.0342. The molecule has 4 saturated carbocycles. The van der Waals surface area contributed by atoms with E-state index >= 15 is 0 Å². The molecule has 656 valence electrons. The van der Waals surface area contributed by atoms with E-state index in [-0.39, 0.29) is 102 Å². The molecule has 4 amide bonds. The first kappa shape index (κ1) is 92.2. The van der Waals surface area contributed by atoms with Crippen molar-refractivity contribution in [3.05, 3.63) is 199 Å². The SMILES string of the molecule is CCCn1ccc2cc(N(CCO)C(=O)c3c(Cl)ncnc3Cl)cc(C3CC3)c21.CCCn1ccc2cc(N(CCO[Si](C)(C)C(C)(C)C)C(=O)c3c(Cl)ncnc3Cl)cc(C3CC3)c21.CCCn1ccc2cc(N3CCOc4ncnc(Cl)c4C3=O)cc(C3CC3)c21.CCCn1ccc2cccc(C3CC3)c21.CCl.CN1CCOc2ncnc(N)c2C1=O. The van der Waals surface area contributed by atoms with Gasteiger partial charge in [0.05, 0.1) is 48.4 Å². The normalized spacial score (nSPS) is 15.0. The average molecular weight is 1820 g/mol. The van der Waals surface area contributed by atoms with Crippen molar-refractivity contribution in [3.8, 4) is 11.8 Å². The van der Waals surface area contributed by atoms with Gasteiger partial charge in [-0.3, -0.25) is 19.2 Å². The Bertz CT molecular complexity index is 5800. The highest BCUT2D eigenvalue weighted by Crippen LogP contribution is 2.50. The monoisotopic (exact) mass is 1820 g/mol. The molecule has 0 radical (unpaired) electrons. The van der Waals surface area contributed by atoms with Gasteiger partial charge < -0.3 is 62.6 Å². The molecule has 4 aromatic carbocycles. The maximum atomic E-state index is 13.9. The number of rotatable bonds is 23. The van der Waals surface area contributed by atoms with Crippen molar-refractivity contribution < 1.29 is 38.2 Å². The van der Waals surface area contributed by atoms with Gasteiger partial charge in [0.2, 0.25) is 11.8 Å². The first-order valence-corrected chi connectivity index (χ1v) is 48.3. The van der Waals surface area contributed by atoms with Gasteiger partial charge in [0, 0.05) is 111 Å². The van der Waals surface area contributed by atoms with Crippen LogP contribution in [0.5, 0.6) is 11.8 Å². The van der Waals surface area contributed by atoms with Crippen molar-refractivity contribution >= 4 is 168 Å². The fourth-order valence-electron chi connectivity index (χ4n) is 15.7. The molecule has 0 spiro atoms. The minimum Gasteiger partial charge on any atom is -0.475 e. The zero-order chi connectivity index (χ0) is 88.4. The maximum Gasteiger partial charge on any atom is 0.267 e. The number of aliphatic hydroxyl groups excluding tert-OH is 1. The number of carbonyl (C=O) groups is 4. The Balaban J connectivity index is 0.000000137. The number of ether oxygens (including phenoxy) is 2. The van der Waals surface area contributed by atoms with E-state index in [4.69, 9.17) is 77.6 Å². The predicted octanol–water partition coefficient (Wildman–Crippen LogP) is 21.1. The molecule has 4 fully saturated rings. The number of benzene rings is 4. The van der Waals surface area contributed by atoms with Gasteiger partial charge in [-0.25, -0.2) is 39.9 Å². The van der Waals surface area contributed by atoms with Crippen LogP contribution in [0, 0.1) is 0 Å². The van der Waals surface area contributed by atoms with Crippen molar-refractivity contribution in [3.63, 3.8) is 0 Å². The predicted molar refractivity (Wildman–Crippen MR) is 499 cm³/mol. The van der Waals surface area contributed by atoms with Crippen LogP contribution in [0.25, 0.3) is 43.6 Å². The van der Waals surface area contributed by atoms with Gasteiger partial charge in [0.1, 0.15) is 92.4 Å². The third-order valence-electron chi connectivity index (χ3n) is 23.5. The second-order valence-corrected chi connectivity index (χ2v) is 40.0. The van der Waals surface area contributed by atoms with Crippen LogP contribution in [-0.2, 0) is 30.6 Å². The number of fused-ring (bicyclic) bond motifs is 6. The highest BCUT2D eigenvalue weighted by Gasteiger charge is 2.40. The smallest absolute Gasteiger partial charge is 0.267 e. The fraction of sp³-hybridized carbons (Fsp3) is 0.435. The summed E-state index contributed by atoms with van der Waals surface area (Å²) in [6.07, 6.45) is 29.4. The summed E-state index contributed by atoms with van der Waals surface area (Å²) in [6.45, 7) is 26.4. The summed E-state index contributed by atoms with van der Waals surface area (Å²) in [6, 6.07) is 27.9. The molecule has 10 heterocycles. The number of aliphatic hydroxyl groups is 1. The molecule has 25 nitrogen and oxygen atoms in total. The van der Waals surface area contributed by atoms with Gasteiger partial charge in [-0.15, -0.1) is 11.6 Å². The van der Waals surface area contributed by atoms with Gasteiger partial charge in [-0.1, -0.05) is 125 Å². The lowest BCUT2D eigenvalue weighted by molar-refractivity contribution is 0.0796. The Hall–Kier alpha value is -9.48. The first-order chi connectivity index (χ1) is 59.8. The summed E-state index contributed by atoms with van der Waals surface area (Å²) in [7, 11) is -0.307. The van der Waals surface area contributed by atoms with E-state index in [0.29, 0.717) is 62.9 Å². The molecular formula is C92H109Cl6N17O8Si. The van der Waals surface area contributed by atoms with Gasteiger partial charge in [0.15, 0.2) is 8.32 Å². The van der Waals surface area contributed by atoms with E-state index in [1.807, 2.05) is 6.07 Å². The lowest BCUT2D eigenvalue weighted by Crippen LogP contribution is -2.43. The van der Waals surface area contributed by atoms with Crippen LogP contribution in [0.4, 0.5) is 22.9 Å². The molecular weight excluding hydrogens is 1710 g/mol. The maximum absolute atomic E-state index is 13.9. The lowest BCUT2D eigenvalue weighted by atomic mass is 10.0. The van der Waals surface area contributed by atoms with E-state index in [1.54, 1.807) is 22.4 Å². The molecule has 2 aliphatic heterocycles. The van der Waals surface area contributed by atoms with Crippen molar-refractivity contribution in [1.82, 2.24) is 63.0 Å². The summed E-state index contributed by atoms with van der Waals surface area (Å²) < 4.78 is 26.8. The van der Waals surface area contributed by atoms with Crippen LogP contribution in [-0.4, -0.2) is 166 Å². The third kappa shape index (κ3) is 20.8. The lowest BCUT2D eigenvalue weighted by Gasteiger charge is -2.37. The van der Waals surface area contributed by atoms with Crippen molar-refractivity contribution in [2.24, 2.45) is 0 Å². The van der Waals surface area contributed by atoms with E-state index in [9.17, 15) is 24.3 Å². The highest BCUT2D eigenvalue weighted by molar-refractivity contribution is 6.74. The van der Waals surface area contributed by atoms with Gasteiger partial charge in [0.25, 0.3) is 23.6 Å². The molecule has 0 atom stereocenters. The second kappa shape index (κ2) is 40.9. The number of nitrogens with zero attached hydrogens (tertiary/aromatic N) is 16. The van der Waals surface area contributed by atoms with Crippen LogP contribution in [0.2, 0.25) is 43.9 Å². The number of aryl methyl sites for hydroxylation is 4. The number of likely N-dealkylation sites (N-methyl/N-ethyl adjacent to an activating group) is 1.